The van der Waals surface area contributed by atoms with Crippen molar-refractivity contribution in [2.45, 2.75) is 25.8 Å². The van der Waals surface area contributed by atoms with Crippen molar-refractivity contribution in [3.8, 4) is 5.75 Å². The molecule has 3 nitrogen and oxygen atoms in total. The minimum Gasteiger partial charge on any atom is -0.497 e. The number of hydrogen-bond acceptors (Lipinski definition) is 3. The first-order valence-corrected chi connectivity index (χ1v) is 6.71. The van der Waals surface area contributed by atoms with Gasteiger partial charge >= 0.3 is 0 Å². The molecule has 1 fully saturated rings. The van der Waals surface area contributed by atoms with Gasteiger partial charge in [-0.15, -0.1) is 0 Å². The van der Waals surface area contributed by atoms with Crippen LogP contribution in [0.1, 0.15) is 24.8 Å². The lowest BCUT2D eigenvalue weighted by molar-refractivity contribution is 0.0177. The number of benzene rings is 1. The first-order chi connectivity index (χ1) is 9.19. The summed E-state index contributed by atoms with van der Waals surface area (Å²) in [5.74, 6) is 0.496. The van der Waals surface area contributed by atoms with E-state index in [4.69, 9.17) is 9.47 Å². The summed E-state index contributed by atoms with van der Waals surface area (Å²) in [5.41, 5.74) is 0.899. The van der Waals surface area contributed by atoms with Gasteiger partial charge in [-0.3, -0.25) is 0 Å². The number of nitrogens with one attached hydrogen (secondary N) is 1. The zero-order valence-electron chi connectivity index (χ0n) is 11.7. The molecule has 1 N–H and O–H groups in total. The van der Waals surface area contributed by atoms with Crippen LogP contribution in [0.4, 0.5) is 4.39 Å². The maximum Gasteiger partial charge on any atom is 0.127 e. The van der Waals surface area contributed by atoms with Gasteiger partial charge in [-0.1, -0.05) is 6.42 Å². The zero-order chi connectivity index (χ0) is 13.7. The molecule has 4 heteroatoms. The fourth-order valence-electron chi connectivity index (χ4n) is 2.63. The highest BCUT2D eigenvalue weighted by Gasteiger charge is 2.36. The van der Waals surface area contributed by atoms with Gasteiger partial charge in [0.2, 0.25) is 0 Å². The van der Waals surface area contributed by atoms with Crippen molar-refractivity contribution >= 4 is 0 Å². The minimum atomic E-state index is -0.192. The summed E-state index contributed by atoms with van der Waals surface area (Å²) in [5, 5.41) is 3.35. The SMILES string of the molecule is COCC1(CNCc2cc(OC)ccc2F)CCC1. The van der Waals surface area contributed by atoms with E-state index < -0.39 is 0 Å². The Bertz CT molecular complexity index is 419. The molecule has 0 radical (unpaired) electrons. The van der Waals surface area contributed by atoms with E-state index in [2.05, 4.69) is 5.32 Å². The Morgan fingerprint density at radius 1 is 1.32 bits per heavy atom. The Hall–Kier alpha value is -1.13. The van der Waals surface area contributed by atoms with Crippen LogP contribution in [0, 0.1) is 11.2 Å². The lowest BCUT2D eigenvalue weighted by atomic mass is 9.69. The van der Waals surface area contributed by atoms with E-state index in [1.807, 2.05) is 0 Å². The number of halogens is 1. The van der Waals surface area contributed by atoms with E-state index >= 15 is 0 Å². The molecule has 1 saturated carbocycles. The third-order valence-corrected chi connectivity index (χ3v) is 3.93. The smallest absolute Gasteiger partial charge is 0.127 e. The molecule has 1 aromatic rings. The van der Waals surface area contributed by atoms with E-state index in [0.29, 0.717) is 17.9 Å². The van der Waals surface area contributed by atoms with Gasteiger partial charge in [-0.05, 0) is 31.0 Å². The summed E-state index contributed by atoms with van der Waals surface area (Å²) in [6.07, 6.45) is 3.64. The average Bonchev–Trinajstić information content (AvgIpc) is 2.38. The Morgan fingerprint density at radius 3 is 2.68 bits per heavy atom. The second-order valence-corrected chi connectivity index (χ2v) is 5.35. The van der Waals surface area contributed by atoms with Crippen molar-refractivity contribution in [1.82, 2.24) is 5.32 Å². The number of hydrogen-bond donors (Lipinski definition) is 1. The Labute approximate surface area is 114 Å². The summed E-state index contributed by atoms with van der Waals surface area (Å²) in [6, 6.07) is 4.83. The van der Waals surface area contributed by atoms with Crippen molar-refractivity contribution < 1.29 is 13.9 Å². The minimum absolute atomic E-state index is 0.192. The summed E-state index contributed by atoms with van der Waals surface area (Å²) in [4.78, 5) is 0. The van der Waals surface area contributed by atoms with E-state index in [1.165, 1.54) is 25.3 Å². The van der Waals surface area contributed by atoms with E-state index in [9.17, 15) is 4.39 Å². The lowest BCUT2D eigenvalue weighted by Gasteiger charge is -2.41. The predicted octanol–water partition coefficient (Wildman–Crippen LogP) is 2.74. The van der Waals surface area contributed by atoms with Crippen LogP contribution in [0.2, 0.25) is 0 Å². The van der Waals surface area contributed by atoms with Crippen molar-refractivity contribution in [3.63, 3.8) is 0 Å². The maximum atomic E-state index is 13.6. The van der Waals surface area contributed by atoms with Gasteiger partial charge in [0.05, 0.1) is 13.7 Å². The highest BCUT2D eigenvalue weighted by molar-refractivity contribution is 5.29. The highest BCUT2D eigenvalue weighted by Crippen LogP contribution is 2.40. The predicted molar refractivity (Wildman–Crippen MR) is 72.8 cm³/mol. The van der Waals surface area contributed by atoms with Gasteiger partial charge < -0.3 is 14.8 Å². The summed E-state index contributed by atoms with van der Waals surface area (Å²) < 4.78 is 24.0. The quantitative estimate of drug-likeness (QED) is 0.824. The molecule has 2 rings (SSSR count). The van der Waals surface area contributed by atoms with E-state index in [1.54, 1.807) is 26.4 Å². The van der Waals surface area contributed by atoms with Crippen LogP contribution in [0.5, 0.6) is 5.75 Å². The molecular formula is C15H22FNO2. The summed E-state index contributed by atoms with van der Waals surface area (Å²) >= 11 is 0. The van der Waals surface area contributed by atoms with Crippen LogP contribution in [0.3, 0.4) is 0 Å². The normalized spacial score (nSPS) is 17.0. The topological polar surface area (TPSA) is 30.5 Å². The molecule has 0 aromatic heterocycles. The van der Waals surface area contributed by atoms with Crippen LogP contribution >= 0.6 is 0 Å². The highest BCUT2D eigenvalue weighted by atomic mass is 19.1. The summed E-state index contributed by atoms with van der Waals surface area (Å²) in [6.45, 7) is 2.17. The fourth-order valence-corrected chi connectivity index (χ4v) is 2.63. The number of ether oxygens (including phenoxy) is 2. The Kier molecular flexibility index (Phi) is 4.77. The third-order valence-electron chi connectivity index (χ3n) is 3.93. The van der Waals surface area contributed by atoms with Gasteiger partial charge in [0.25, 0.3) is 0 Å². The molecule has 0 atom stereocenters. The van der Waals surface area contributed by atoms with Crippen molar-refractivity contribution in [2.75, 3.05) is 27.4 Å². The number of rotatable bonds is 7. The summed E-state index contributed by atoms with van der Waals surface area (Å²) in [7, 11) is 3.33. The van der Waals surface area contributed by atoms with Crippen LogP contribution in [0.15, 0.2) is 18.2 Å². The third kappa shape index (κ3) is 3.45. The second-order valence-electron chi connectivity index (χ2n) is 5.35. The number of methoxy groups -OCH3 is 2. The van der Waals surface area contributed by atoms with Gasteiger partial charge in [0.15, 0.2) is 0 Å². The fraction of sp³-hybridized carbons (Fsp3) is 0.600. The Morgan fingerprint density at radius 2 is 2.11 bits per heavy atom. The molecule has 1 aliphatic carbocycles. The molecule has 0 amide bonds. The molecule has 0 bridgehead atoms. The zero-order valence-corrected chi connectivity index (χ0v) is 11.7. The largest absolute Gasteiger partial charge is 0.497 e. The molecule has 0 unspecified atom stereocenters. The average molecular weight is 267 g/mol. The molecule has 1 aromatic carbocycles. The monoisotopic (exact) mass is 267 g/mol. The molecular weight excluding hydrogens is 245 g/mol. The maximum absolute atomic E-state index is 13.6. The van der Waals surface area contributed by atoms with Gasteiger partial charge in [-0.25, -0.2) is 4.39 Å². The second kappa shape index (κ2) is 6.35. The molecule has 19 heavy (non-hydrogen) atoms. The van der Waals surface area contributed by atoms with Crippen LogP contribution in [0.25, 0.3) is 0 Å². The van der Waals surface area contributed by atoms with Crippen LogP contribution in [-0.2, 0) is 11.3 Å². The molecule has 106 valence electrons. The lowest BCUT2D eigenvalue weighted by Crippen LogP contribution is -2.43. The van der Waals surface area contributed by atoms with Crippen molar-refractivity contribution in [1.29, 1.82) is 0 Å². The standard InChI is InChI=1S/C15H22FNO2/c1-18-11-15(6-3-7-15)10-17-9-12-8-13(19-2)4-5-14(12)16/h4-5,8,17H,3,6-7,9-11H2,1-2H3. The van der Waals surface area contributed by atoms with E-state index in [0.717, 1.165) is 13.2 Å². The molecule has 0 saturated heterocycles. The Balaban J connectivity index is 1.88. The van der Waals surface area contributed by atoms with Crippen LogP contribution < -0.4 is 10.1 Å². The van der Waals surface area contributed by atoms with Crippen LogP contribution in [-0.4, -0.2) is 27.4 Å². The van der Waals surface area contributed by atoms with Gasteiger partial charge in [0, 0.05) is 31.2 Å². The van der Waals surface area contributed by atoms with Crippen molar-refractivity contribution in [3.05, 3.63) is 29.6 Å². The first kappa shape index (κ1) is 14.3. The molecule has 1 aliphatic rings. The van der Waals surface area contributed by atoms with Gasteiger partial charge in [-0.2, -0.15) is 0 Å². The van der Waals surface area contributed by atoms with E-state index in [-0.39, 0.29) is 11.2 Å². The first-order valence-electron chi connectivity index (χ1n) is 6.71. The van der Waals surface area contributed by atoms with Crippen molar-refractivity contribution in [2.24, 2.45) is 5.41 Å². The molecule has 0 spiro atoms. The van der Waals surface area contributed by atoms with Gasteiger partial charge in [0.1, 0.15) is 11.6 Å². The molecule has 0 heterocycles. The molecule has 0 aliphatic heterocycles.